The van der Waals surface area contributed by atoms with Crippen LogP contribution in [0.1, 0.15) is 38.7 Å². The van der Waals surface area contributed by atoms with Gasteiger partial charge in [0.15, 0.2) is 0 Å². The monoisotopic (exact) mass is 218 g/mol. The van der Waals surface area contributed by atoms with Gasteiger partial charge in [0.25, 0.3) is 0 Å². The van der Waals surface area contributed by atoms with Gasteiger partial charge in [0.05, 0.1) is 0 Å². The Hall–Kier alpha value is -1.02. The van der Waals surface area contributed by atoms with E-state index in [9.17, 15) is 0 Å². The van der Waals surface area contributed by atoms with Crippen molar-refractivity contribution in [3.63, 3.8) is 0 Å². The maximum atomic E-state index is 5.70. The number of hydrogen-bond donors (Lipinski definition) is 1. The molecule has 0 amide bonds. The summed E-state index contributed by atoms with van der Waals surface area (Å²) in [6.07, 6.45) is 4.04. The molecule has 1 fully saturated rings. The number of piperidine rings is 1. The molecule has 2 heteroatoms. The van der Waals surface area contributed by atoms with Crippen LogP contribution < -0.4 is 5.73 Å². The Morgan fingerprint density at radius 2 is 1.69 bits per heavy atom. The predicted molar refractivity (Wildman–Crippen MR) is 69.2 cm³/mol. The summed E-state index contributed by atoms with van der Waals surface area (Å²) in [4.78, 5) is 2.61. The largest absolute Gasteiger partial charge is 0.399 e. The molecule has 1 saturated heterocycles. The molecule has 0 radical (unpaired) electrons. The Kier molecular flexibility index (Phi) is 3.49. The first kappa shape index (κ1) is 11.5. The van der Waals surface area contributed by atoms with Gasteiger partial charge in [-0.15, -0.1) is 0 Å². The van der Waals surface area contributed by atoms with E-state index in [0.717, 1.165) is 12.2 Å². The van der Waals surface area contributed by atoms with Gasteiger partial charge in [0.1, 0.15) is 0 Å². The summed E-state index contributed by atoms with van der Waals surface area (Å²) in [5, 5.41) is 0. The van der Waals surface area contributed by atoms with Gasteiger partial charge in [-0.1, -0.05) is 18.6 Å². The van der Waals surface area contributed by atoms with E-state index in [0.29, 0.717) is 12.1 Å². The van der Waals surface area contributed by atoms with E-state index >= 15 is 0 Å². The first-order valence-corrected chi connectivity index (χ1v) is 6.27. The first-order valence-electron chi connectivity index (χ1n) is 6.27. The van der Waals surface area contributed by atoms with Gasteiger partial charge in [-0.25, -0.2) is 0 Å². The van der Waals surface area contributed by atoms with Crippen molar-refractivity contribution < 1.29 is 0 Å². The fourth-order valence-corrected chi connectivity index (χ4v) is 2.62. The van der Waals surface area contributed by atoms with Gasteiger partial charge in [0, 0.05) is 24.3 Å². The fourth-order valence-electron chi connectivity index (χ4n) is 2.62. The summed E-state index contributed by atoms with van der Waals surface area (Å²) in [7, 11) is 0. The maximum absolute atomic E-state index is 5.70. The second kappa shape index (κ2) is 4.88. The fraction of sp³-hybridized carbons (Fsp3) is 0.571. The van der Waals surface area contributed by atoms with Crippen LogP contribution >= 0.6 is 0 Å². The van der Waals surface area contributed by atoms with Gasteiger partial charge >= 0.3 is 0 Å². The number of nitrogen functional groups attached to an aromatic ring is 1. The third-order valence-electron chi connectivity index (χ3n) is 3.72. The van der Waals surface area contributed by atoms with Crippen LogP contribution in [0.4, 0.5) is 5.69 Å². The van der Waals surface area contributed by atoms with Crippen LogP contribution in [-0.4, -0.2) is 17.0 Å². The second-order valence-electron chi connectivity index (χ2n) is 5.04. The number of nitrogens with zero attached hydrogens (tertiary/aromatic N) is 1. The molecular weight excluding hydrogens is 196 g/mol. The molecule has 1 aliphatic heterocycles. The average Bonchev–Trinajstić information content (AvgIpc) is 2.26. The summed E-state index contributed by atoms with van der Waals surface area (Å²) in [6, 6.07) is 9.69. The lowest BCUT2D eigenvalue weighted by atomic mass is 9.97. The summed E-state index contributed by atoms with van der Waals surface area (Å²) in [5.41, 5.74) is 7.92. The Morgan fingerprint density at radius 3 is 2.25 bits per heavy atom. The second-order valence-corrected chi connectivity index (χ2v) is 5.04. The van der Waals surface area contributed by atoms with Crippen molar-refractivity contribution in [1.82, 2.24) is 4.90 Å². The molecule has 0 bridgehead atoms. The van der Waals surface area contributed by atoms with Crippen LogP contribution in [0.5, 0.6) is 0 Å². The smallest absolute Gasteiger partial charge is 0.0314 e. The standard InChI is InChI=1S/C14H22N2/c1-11-4-3-5-12(2)16(11)10-13-6-8-14(15)9-7-13/h6-9,11-12H,3-5,10,15H2,1-2H3/t11-,12+. The zero-order valence-electron chi connectivity index (χ0n) is 10.3. The lowest BCUT2D eigenvalue weighted by Crippen LogP contribution is -2.42. The van der Waals surface area contributed by atoms with Gasteiger partial charge in [-0.05, 0) is 44.4 Å². The van der Waals surface area contributed by atoms with E-state index in [2.05, 4.69) is 30.9 Å². The third kappa shape index (κ3) is 2.56. The summed E-state index contributed by atoms with van der Waals surface area (Å²) >= 11 is 0. The van der Waals surface area contributed by atoms with Gasteiger partial charge in [-0.3, -0.25) is 4.90 Å². The average molecular weight is 218 g/mol. The highest BCUT2D eigenvalue weighted by Crippen LogP contribution is 2.24. The van der Waals surface area contributed by atoms with E-state index in [1.54, 1.807) is 0 Å². The number of benzene rings is 1. The van der Waals surface area contributed by atoms with Crippen molar-refractivity contribution in [2.75, 3.05) is 5.73 Å². The van der Waals surface area contributed by atoms with Crippen LogP contribution in [0, 0.1) is 0 Å². The normalized spacial score (nSPS) is 26.9. The molecule has 0 unspecified atom stereocenters. The molecule has 1 aromatic rings. The minimum Gasteiger partial charge on any atom is -0.399 e. The van der Waals surface area contributed by atoms with E-state index in [1.807, 2.05) is 12.1 Å². The minimum atomic E-state index is 0.710. The highest BCUT2D eigenvalue weighted by Gasteiger charge is 2.24. The zero-order valence-corrected chi connectivity index (χ0v) is 10.3. The van der Waals surface area contributed by atoms with Crippen LogP contribution in [-0.2, 0) is 6.54 Å². The Labute approximate surface area is 98.4 Å². The quantitative estimate of drug-likeness (QED) is 0.773. The molecule has 2 rings (SSSR count). The molecule has 0 aromatic heterocycles. The number of rotatable bonds is 2. The van der Waals surface area contributed by atoms with Crippen LogP contribution in [0.25, 0.3) is 0 Å². The highest BCUT2D eigenvalue weighted by atomic mass is 15.2. The molecule has 1 heterocycles. The Balaban J connectivity index is 2.04. The zero-order chi connectivity index (χ0) is 11.5. The molecule has 2 atom stereocenters. The Bertz CT molecular complexity index is 321. The van der Waals surface area contributed by atoms with E-state index in [4.69, 9.17) is 5.73 Å². The molecule has 2 N–H and O–H groups in total. The molecule has 0 spiro atoms. The van der Waals surface area contributed by atoms with Crippen molar-refractivity contribution >= 4 is 5.69 Å². The third-order valence-corrected chi connectivity index (χ3v) is 3.72. The van der Waals surface area contributed by atoms with Crippen molar-refractivity contribution in [3.8, 4) is 0 Å². The molecule has 2 nitrogen and oxygen atoms in total. The van der Waals surface area contributed by atoms with Crippen LogP contribution in [0.2, 0.25) is 0 Å². The molecule has 1 aliphatic rings. The summed E-state index contributed by atoms with van der Waals surface area (Å²) < 4.78 is 0. The van der Waals surface area contributed by atoms with Crippen molar-refractivity contribution in [2.45, 2.75) is 51.7 Å². The SMILES string of the molecule is C[C@@H]1CCC[C@H](C)N1Cc1ccc(N)cc1. The van der Waals surface area contributed by atoms with Gasteiger partial charge in [0.2, 0.25) is 0 Å². The molecule has 0 saturated carbocycles. The lowest BCUT2D eigenvalue weighted by Gasteiger charge is -2.39. The van der Waals surface area contributed by atoms with Crippen molar-refractivity contribution in [3.05, 3.63) is 29.8 Å². The summed E-state index contributed by atoms with van der Waals surface area (Å²) in [6.45, 7) is 5.74. The van der Waals surface area contributed by atoms with Gasteiger partial charge in [-0.2, -0.15) is 0 Å². The van der Waals surface area contributed by atoms with Gasteiger partial charge < -0.3 is 5.73 Å². The number of nitrogens with two attached hydrogens (primary N) is 1. The number of likely N-dealkylation sites (tertiary alicyclic amines) is 1. The molecule has 0 aliphatic carbocycles. The van der Waals surface area contributed by atoms with E-state index in [-0.39, 0.29) is 0 Å². The number of hydrogen-bond acceptors (Lipinski definition) is 2. The predicted octanol–water partition coefficient (Wildman–Crippen LogP) is 3.03. The van der Waals surface area contributed by atoms with Crippen molar-refractivity contribution in [2.24, 2.45) is 0 Å². The maximum Gasteiger partial charge on any atom is 0.0314 e. The van der Waals surface area contributed by atoms with Crippen LogP contribution in [0.3, 0.4) is 0 Å². The van der Waals surface area contributed by atoms with Crippen molar-refractivity contribution in [1.29, 1.82) is 0 Å². The number of anilines is 1. The topological polar surface area (TPSA) is 29.3 Å². The molecular formula is C14H22N2. The highest BCUT2D eigenvalue weighted by molar-refractivity contribution is 5.39. The lowest BCUT2D eigenvalue weighted by molar-refractivity contribution is 0.0953. The molecule has 16 heavy (non-hydrogen) atoms. The van der Waals surface area contributed by atoms with Crippen LogP contribution in [0.15, 0.2) is 24.3 Å². The minimum absolute atomic E-state index is 0.710. The molecule has 88 valence electrons. The van der Waals surface area contributed by atoms with E-state index in [1.165, 1.54) is 24.8 Å². The summed E-state index contributed by atoms with van der Waals surface area (Å²) in [5.74, 6) is 0. The molecule has 1 aromatic carbocycles. The first-order chi connectivity index (χ1) is 7.66. The van der Waals surface area contributed by atoms with E-state index < -0.39 is 0 Å². The Morgan fingerprint density at radius 1 is 1.12 bits per heavy atom.